The van der Waals surface area contributed by atoms with Gasteiger partial charge in [-0.1, -0.05) is 23.7 Å². The van der Waals surface area contributed by atoms with E-state index in [4.69, 9.17) is 16.3 Å². The summed E-state index contributed by atoms with van der Waals surface area (Å²) in [5, 5.41) is 0.439. The minimum atomic E-state index is -0.572. The Morgan fingerprint density at radius 1 is 1.25 bits per heavy atom. The van der Waals surface area contributed by atoms with E-state index in [2.05, 4.69) is 10.4 Å². The van der Waals surface area contributed by atoms with Crippen LogP contribution in [0, 0.1) is 0 Å². The smallest absolute Gasteiger partial charge is 0.261 e. The zero-order valence-corrected chi connectivity index (χ0v) is 16.0. The normalized spacial score (nSPS) is 16.4. The highest BCUT2D eigenvalue weighted by atomic mass is 35.5. The van der Waals surface area contributed by atoms with Crippen molar-refractivity contribution in [1.29, 1.82) is 0 Å². The van der Waals surface area contributed by atoms with Crippen LogP contribution in [0.2, 0.25) is 5.02 Å². The first-order valence-corrected chi connectivity index (χ1v) is 9.34. The summed E-state index contributed by atoms with van der Waals surface area (Å²) in [6.45, 7) is 0.497. The predicted octanol–water partition coefficient (Wildman–Crippen LogP) is 3.07. The monoisotopic (exact) mass is 398 g/mol. The Labute approximate surface area is 166 Å². The molecule has 1 N–H and O–H groups in total. The Hall–Kier alpha value is -3.06. The van der Waals surface area contributed by atoms with E-state index in [9.17, 15) is 9.59 Å². The summed E-state index contributed by atoms with van der Waals surface area (Å²) >= 11 is 6.06. The molecule has 4 rings (SSSR count). The van der Waals surface area contributed by atoms with Crippen LogP contribution in [0.15, 0.2) is 48.8 Å². The minimum absolute atomic E-state index is 0.255. The van der Waals surface area contributed by atoms with Crippen LogP contribution in [0.25, 0.3) is 11.0 Å². The van der Waals surface area contributed by atoms with Gasteiger partial charge in [0.1, 0.15) is 18.1 Å². The number of halogens is 1. The third-order valence-corrected chi connectivity index (χ3v) is 5.13. The van der Waals surface area contributed by atoms with E-state index in [-0.39, 0.29) is 11.8 Å². The number of hydrogen-bond donors (Lipinski definition) is 1. The van der Waals surface area contributed by atoms with E-state index in [0.29, 0.717) is 29.3 Å². The standard InChI is InChI=1S/C20H19ClN4O3/c1-28-18-9-8-13(21)11-14(18)20(27)24-10-4-7-17(24)19(26)23-25-12-22-15-5-2-3-6-16(15)25/h2-3,5-6,8-9,11-12,17H,4,7,10H2,1H3,(H,23,26)/t17-/m1/s1. The Kier molecular flexibility index (Phi) is 4.92. The van der Waals surface area contributed by atoms with Gasteiger partial charge in [-0.05, 0) is 43.2 Å². The number of ether oxygens (including phenoxy) is 1. The molecule has 2 amide bonds. The molecule has 0 saturated carbocycles. The summed E-state index contributed by atoms with van der Waals surface area (Å²) < 4.78 is 6.87. The number of aromatic nitrogens is 2. The number of para-hydroxylation sites is 2. The topological polar surface area (TPSA) is 76.5 Å². The second-order valence-electron chi connectivity index (χ2n) is 6.58. The molecule has 2 heterocycles. The lowest BCUT2D eigenvalue weighted by molar-refractivity contribution is -0.120. The summed E-state index contributed by atoms with van der Waals surface area (Å²) in [4.78, 5) is 31.9. The number of nitrogens with zero attached hydrogens (tertiary/aromatic N) is 3. The van der Waals surface area contributed by atoms with Crippen molar-refractivity contribution >= 4 is 34.4 Å². The first-order valence-electron chi connectivity index (χ1n) is 8.96. The van der Waals surface area contributed by atoms with Crippen LogP contribution in [-0.4, -0.2) is 46.1 Å². The summed E-state index contributed by atoms with van der Waals surface area (Å²) in [5.41, 5.74) is 4.77. The molecule has 0 radical (unpaired) electrons. The van der Waals surface area contributed by atoms with Crippen molar-refractivity contribution in [3.8, 4) is 5.75 Å². The number of benzene rings is 2. The molecule has 8 heteroatoms. The Balaban J connectivity index is 1.57. The number of carbonyl (C=O) groups is 2. The van der Waals surface area contributed by atoms with Crippen molar-refractivity contribution in [1.82, 2.24) is 14.6 Å². The lowest BCUT2D eigenvalue weighted by Gasteiger charge is -2.25. The van der Waals surface area contributed by atoms with Crippen molar-refractivity contribution in [2.24, 2.45) is 0 Å². The van der Waals surface area contributed by atoms with Crippen LogP contribution < -0.4 is 10.2 Å². The van der Waals surface area contributed by atoms with Crippen molar-refractivity contribution in [2.75, 3.05) is 19.1 Å². The number of amides is 2. The molecule has 7 nitrogen and oxygen atoms in total. The molecule has 28 heavy (non-hydrogen) atoms. The van der Waals surface area contributed by atoms with Gasteiger partial charge in [0.05, 0.1) is 23.7 Å². The van der Waals surface area contributed by atoms with E-state index >= 15 is 0 Å². The highest BCUT2D eigenvalue weighted by molar-refractivity contribution is 6.31. The van der Waals surface area contributed by atoms with Gasteiger partial charge in [-0.15, -0.1) is 0 Å². The van der Waals surface area contributed by atoms with E-state index < -0.39 is 6.04 Å². The zero-order valence-electron chi connectivity index (χ0n) is 15.3. The average Bonchev–Trinajstić information content (AvgIpc) is 3.35. The molecule has 1 aromatic heterocycles. The number of fused-ring (bicyclic) bond motifs is 1. The SMILES string of the molecule is COc1ccc(Cl)cc1C(=O)N1CCC[C@@H]1C(=O)Nn1cnc2ccccc21. The Morgan fingerprint density at radius 3 is 2.89 bits per heavy atom. The number of rotatable bonds is 4. The van der Waals surface area contributed by atoms with Crippen LogP contribution in [0.4, 0.5) is 0 Å². The lowest BCUT2D eigenvalue weighted by Crippen LogP contribution is -2.45. The van der Waals surface area contributed by atoms with Gasteiger partial charge >= 0.3 is 0 Å². The fourth-order valence-corrected chi connectivity index (χ4v) is 3.70. The Morgan fingerprint density at radius 2 is 2.07 bits per heavy atom. The number of hydrogen-bond acceptors (Lipinski definition) is 4. The summed E-state index contributed by atoms with van der Waals surface area (Å²) in [7, 11) is 1.50. The maximum absolute atomic E-state index is 13.1. The molecule has 0 spiro atoms. The van der Waals surface area contributed by atoms with Gasteiger partial charge in [-0.2, -0.15) is 0 Å². The van der Waals surface area contributed by atoms with Crippen LogP contribution in [0.3, 0.4) is 0 Å². The zero-order chi connectivity index (χ0) is 19.7. The molecule has 2 aromatic carbocycles. The third-order valence-electron chi connectivity index (χ3n) is 4.89. The molecule has 1 saturated heterocycles. The van der Waals surface area contributed by atoms with Gasteiger partial charge in [0.25, 0.3) is 11.8 Å². The van der Waals surface area contributed by atoms with Crippen LogP contribution >= 0.6 is 11.6 Å². The molecule has 1 fully saturated rings. The van der Waals surface area contributed by atoms with Gasteiger partial charge in [0.15, 0.2) is 0 Å². The van der Waals surface area contributed by atoms with Crippen molar-refractivity contribution in [3.05, 3.63) is 59.4 Å². The lowest BCUT2D eigenvalue weighted by atomic mass is 10.1. The van der Waals surface area contributed by atoms with Crippen LogP contribution in [0.1, 0.15) is 23.2 Å². The Bertz CT molecular complexity index is 1050. The van der Waals surface area contributed by atoms with Crippen molar-refractivity contribution < 1.29 is 14.3 Å². The molecule has 0 unspecified atom stereocenters. The van der Waals surface area contributed by atoms with Crippen molar-refractivity contribution in [3.63, 3.8) is 0 Å². The fraction of sp³-hybridized carbons (Fsp3) is 0.250. The first kappa shape index (κ1) is 18.3. The largest absolute Gasteiger partial charge is 0.496 e. The van der Waals surface area contributed by atoms with Gasteiger partial charge in [0, 0.05) is 11.6 Å². The highest BCUT2D eigenvalue weighted by Gasteiger charge is 2.36. The van der Waals surface area contributed by atoms with E-state index in [0.717, 1.165) is 17.5 Å². The van der Waals surface area contributed by atoms with E-state index in [1.54, 1.807) is 34.1 Å². The number of nitrogens with one attached hydrogen (secondary N) is 1. The molecule has 1 aliphatic heterocycles. The molecule has 144 valence electrons. The summed E-state index contributed by atoms with van der Waals surface area (Å²) in [6, 6.07) is 11.8. The van der Waals surface area contributed by atoms with Crippen molar-refractivity contribution in [2.45, 2.75) is 18.9 Å². The van der Waals surface area contributed by atoms with E-state index in [1.807, 2.05) is 24.3 Å². The molecular formula is C20H19ClN4O3. The average molecular weight is 399 g/mol. The van der Waals surface area contributed by atoms with Gasteiger partial charge in [0.2, 0.25) is 0 Å². The maximum Gasteiger partial charge on any atom is 0.261 e. The number of methoxy groups -OCH3 is 1. The quantitative estimate of drug-likeness (QED) is 0.732. The predicted molar refractivity (Wildman–Crippen MR) is 106 cm³/mol. The molecule has 1 aliphatic rings. The highest BCUT2D eigenvalue weighted by Crippen LogP contribution is 2.28. The number of likely N-dealkylation sites (tertiary alicyclic amines) is 1. The molecule has 0 bridgehead atoms. The van der Waals surface area contributed by atoms with E-state index in [1.165, 1.54) is 7.11 Å². The second kappa shape index (κ2) is 7.52. The molecule has 3 aromatic rings. The van der Waals surface area contributed by atoms with Crippen LogP contribution in [0.5, 0.6) is 5.75 Å². The van der Waals surface area contributed by atoms with Gasteiger partial charge < -0.3 is 9.64 Å². The minimum Gasteiger partial charge on any atom is -0.496 e. The summed E-state index contributed by atoms with van der Waals surface area (Å²) in [6.07, 6.45) is 2.90. The first-order chi connectivity index (χ1) is 13.6. The fourth-order valence-electron chi connectivity index (χ4n) is 3.53. The third kappa shape index (κ3) is 3.29. The number of imidazole rings is 1. The summed E-state index contributed by atoms with van der Waals surface area (Å²) in [5.74, 6) is -0.0939. The molecular weight excluding hydrogens is 380 g/mol. The number of carbonyl (C=O) groups excluding carboxylic acids is 2. The van der Waals surface area contributed by atoms with Gasteiger partial charge in [-0.25, -0.2) is 9.66 Å². The molecule has 1 atom stereocenters. The van der Waals surface area contributed by atoms with Gasteiger partial charge in [-0.3, -0.25) is 15.0 Å². The van der Waals surface area contributed by atoms with Crippen LogP contribution in [-0.2, 0) is 4.79 Å². The second-order valence-corrected chi connectivity index (χ2v) is 7.02. The maximum atomic E-state index is 13.1. The molecule has 0 aliphatic carbocycles.